The van der Waals surface area contributed by atoms with Crippen LogP contribution >= 0.6 is 11.6 Å². The van der Waals surface area contributed by atoms with Crippen molar-refractivity contribution in [1.29, 1.82) is 0 Å². The standard InChI is InChI=1S/C19H16ClF3N4/c1-12-10-17(24-11-13-4-2-3-5-16(13)20)27-18(25-12)26-15-8-6-14(7-9-15)19(21,22)23/h2-10H,11H2,1H3,(H2,24,25,26,27). The maximum atomic E-state index is 12.6. The van der Waals surface area contributed by atoms with Gasteiger partial charge in [0, 0.05) is 29.0 Å². The van der Waals surface area contributed by atoms with Gasteiger partial charge in [-0.2, -0.15) is 18.2 Å². The molecule has 2 aromatic carbocycles. The molecule has 0 bridgehead atoms. The van der Waals surface area contributed by atoms with Crippen LogP contribution in [-0.4, -0.2) is 9.97 Å². The van der Waals surface area contributed by atoms with Crippen LogP contribution in [0.15, 0.2) is 54.6 Å². The third-order valence-corrected chi connectivity index (χ3v) is 4.11. The van der Waals surface area contributed by atoms with Gasteiger partial charge < -0.3 is 10.6 Å². The van der Waals surface area contributed by atoms with Gasteiger partial charge in [0.1, 0.15) is 5.82 Å². The van der Waals surface area contributed by atoms with Crippen LogP contribution in [0.5, 0.6) is 0 Å². The van der Waals surface area contributed by atoms with Gasteiger partial charge in [0.25, 0.3) is 0 Å². The van der Waals surface area contributed by atoms with E-state index in [9.17, 15) is 13.2 Å². The van der Waals surface area contributed by atoms with Crippen molar-refractivity contribution < 1.29 is 13.2 Å². The molecule has 1 heterocycles. The van der Waals surface area contributed by atoms with E-state index >= 15 is 0 Å². The lowest BCUT2D eigenvalue weighted by Crippen LogP contribution is -2.07. The molecular weight excluding hydrogens is 377 g/mol. The summed E-state index contributed by atoms with van der Waals surface area (Å²) in [7, 11) is 0. The topological polar surface area (TPSA) is 49.8 Å². The van der Waals surface area contributed by atoms with E-state index in [0.29, 0.717) is 28.8 Å². The summed E-state index contributed by atoms with van der Waals surface area (Å²) < 4.78 is 37.9. The molecular formula is C19H16ClF3N4. The molecule has 0 atom stereocenters. The third kappa shape index (κ3) is 5.10. The number of nitrogens with one attached hydrogen (secondary N) is 2. The first-order valence-electron chi connectivity index (χ1n) is 8.08. The highest BCUT2D eigenvalue weighted by molar-refractivity contribution is 6.31. The number of hydrogen-bond acceptors (Lipinski definition) is 4. The Bertz CT molecular complexity index is 927. The first-order valence-corrected chi connectivity index (χ1v) is 8.46. The average molecular weight is 393 g/mol. The summed E-state index contributed by atoms with van der Waals surface area (Å²) in [5.41, 5.74) is 1.39. The van der Waals surface area contributed by atoms with Crippen LogP contribution in [0.3, 0.4) is 0 Å². The first kappa shape index (κ1) is 19.0. The molecule has 3 rings (SSSR count). The van der Waals surface area contributed by atoms with Gasteiger partial charge in [-0.3, -0.25) is 0 Å². The Balaban J connectivity index is 1.72. The Morgan fingerprint density at radius 3 is 2.37 bits per heavy atom. The van der Waals surface area contributed by atoms with E-state index < -0.39 is 11.7 Å². The van der Waals surface area contributed by atoms with E-state index in [1.807, 2.05) is 18.2 Å². The second-order valence-corrected chi connectivity index (χ2v) is 6.27. The van der Waals surface area contributed by atoms with Crippen LogP contribution in [-0.2, 0) is 12.7 Å². The van der Waals surface area contributed by atoms with Crippen molar-refractivity contribution in [3.8, 4) is 0 Å². The minimum absolute atomic E-state index is 0.288. The summed E-state index contributed by atoms with van der Waals surface area (Å²) in [5.74, 6) is 0.869. The van der Waals surface area contributed by atoms with Gasteiger partial charge in [-0.15, -0.1) is 0 Å². The second kappa shape index (κ2) is 7.84. The monoisotopic (exact) mass is 392 g/mol. The number of alkyl halides is 3. The van der Waals surface area contributed by atoms with Crippen molar-refractivity contribution in [1.82, 2.24) is 9.97 Å². The van der Waals surface area contributed by atoms with Crippen LogP contribution in [0, 0.1) is 6.92 Å². The molecule has 4 nitrogen and oxygen atoms in total. The van der Waals surface area contributed by atoms with Gasteiger partial charge in [0.2, 0.25) is 5.95 Å². The molecule has 2 N–H and O–H groups in total. The Morgan fingerprint density at radius 2 is 1.70 bits per heavy atom. The molecule has 0 aliphatic carbocycles. The van der Waals surface area contributed by atoms with Gasteiger partial charge in [-0.05, 0) is 42.8 Å². The molecule has 0 fully saturated rings. The van der Waals surface area contributed by atoms with Crippen molar-refractivity contribution >= 4 is 29.1 Å². The summed E-state index contributed by atoms with van der Waals surface area (Å²) in [4.78, 5) is 8.61. The normalized spacial score (nSPS) is 11.3. The van der Waals surface area contributed by atoms with E-state index in [2.05, 4.69) is 20.6 Å². The van der Waals surface area contributed by atoms with E-state index in [4.69, 9.17) is 11.6 Å². The predicted molar refractivity (Wildman–Crippen MR) is 100 cm³/mol. The zero-order valence-electron chi connectivity index (χ0n) is 14.3. The van der Waals surface area contributed by atoms with Crippen molar-refractivity contribution in [3.05, 3.63) is 76.4 Å². The summed E-state index contributed by atoms with van der Waals surface area (Å²) in [6, 6.07) is 13.9. The number of hydrogen-bond donors (Lipinski definition) is 2. The highest BCUT2D eigenvalue weighted by Gasteiger charge is 2.29. The molecule has 0 saturated heterocycles. The Labute approximate surface area is 159 Å². The predicted octanol–water partition coefficient (Wildman–Crippen LogP) is 5.81. The van der Waals surface area contributed by atoms with Gasteiger partial charge in [0.15, 0.2) is 0 Å². The van der Waals surface area contributed by atoms with E-state index in [1.165, 1.54) is 12.1 Å². The zero-order valence-corrected chi connectivity index (χ0v) is 15.1. The third-order valence-electron chi connectivity index (χ3n) is 3.74. The lowest BCUT2D eigenvalue weighted by molar-refractivity contribution is -0.137. The minimum Gasteiger partial charge on any atom is -0.366 e. The van der Waals surface area contributed by atoms with Crippen molar-refractivity contribution in [2.24, 2.45) is 0 Å². The van der Waals surface area contributed by atoms with Crippen LogP contribution in [0.25, 0.3) is 0 Å². The largest absolute Gasteiger partial charge is 0.416 e. The smallest absolute Gasteiger partial charge is 0.366 e. The van der Waals surface area contributed by atoms with Crippen LogP contribution in [0.2, 0.25) is 5.02 Å². The summed E-state index contributed by atoms with van der Waals surface area (Å²) in [6.45, 7) is 2.29. The summed E-state index contributed by atoms with van der Waals surface area (Å²) in [5, 5.41) is 6.74. The Kier molecular flexibility index (Phi) is 5.51. The summed E-state index contributed by atoms with van der Waals surface area (Å²) in [6.07, 6.45) is -4.37. The molecule has 3 aromatic rings. The fraction of sp³-hybridized carbons (Fsp3) is 0.158. The number of nitrogens with zero attached hydrogens (tertiary/aromatic N) is 2. The number of aromatic nitrogens is 2. The lowest BCUT2D eigenvalue weighted by atomic mass is 10.2. The van der Waals surface area contributed by atoms with Crippen LogP contribution in [0.1, 0.15) is 16.8 Å². The Hall–Kier alpha value is -2.80. The molecule has 27 heavy (non-hydrogen) atoms. The Morgan fingerprint density at radius 1 is 1.00 bits per heavy atom. The maximum absolute atomic E-state index is 12.6. The average Bonchev–Trinajstić information content (AvgIpc) is 2.60. The van der Waals surface area contributed by atoms with E-state index in [-0.39, 0.29) is 5.95 Å². The molecule has 1 aromatic heterocycles. The molecule has 0 radical (unpaired) electrons. The molecule has 140 valence electrons. The van der Waals surface area contributed by atoms with Gasteiger partial charge in [-0.1, -0.05) is 29.8 Å². The van der Waals surface area contributed by atoms with Gasteiger partial charge in [-0.25, -0.2) is 4.98 Å². The van der Waals surface area contributed by atoms with E-state index in [0.717, 1.165) is 17.7 Å². The molecule has 0 spiro atoms. The lowest BCUT2D eigenvalue weighted by Gasteiger charge is -2.11. The number of anilines is 3. The molecule has 0 amide bonds. The van der Waals surface area contributed by atoms with E-state index in [1.54, 1.807) is 19.1 Å². The minimum atomic E-state index is -4.37. The summed E-state index contributed by atoms with van der Waals surface area (Å²) >= 11 is 6.14. The zero-order chi connectivity index (χ0) is 19.4. The first-order chi connectivity index (χ1) is 12.8. The number of halogens is 4. The van der Waals surface area contributed by atoms with Crippen LogP contribution < -0.4 is 10.6 Å². The molecule has 8 heteroatoms. The fourth-order valence-electron chi connectivity index (χ4n) is 2.41. The SMILES string of the molecule is Cc1cc(NCc2ccccc2Cl)nc(Nc2ccc(C(F)(F)F)cc2)n1. The highest BCUT2D eigenvalue weighted by atomic mass is 35.5. The molecule has 0 aliphatic heterocycles. The molecule has 0 unspecified atom stereocenters. The van der Waals surface area contributed by atoms with Crippen molar-refractivity contribution in [2.45, 2.75) is 19.6 Å². The van der Waals surface area contributed by atoms with Crippen molar-refractivity contribution in [3.63, 3.8) is 0 Å². The fourth-order valence-corrected chi connectivity index (χ4v) is 2.62. The second-order valence-electron chi connectivity index (χ2n) is 5.86. The number of rotatable bonds is 5. The number of benzene rings is 2. The van der Waals surface area contributed by atoms with Gasteiger partial charge >= 0.3 is 6.18 Å². The molecule has 0 saturated carbocycles. The van der Waals surface area contributed by atoms with Crippen LogP contribution in [0.4, 0.5) is 30.6 Å². The van der Waals surface area contributed by atoms with Gasteiger partial charge in [0.05, 0.1) is 5.56 Å². The quantitative estimate of drug-likeness (QED) is 0.575. The maximum Gasteiger partial charge on any atom is 0.416 e. The van der Waals surface area contributed by atoms with Crippen molar-refractivity contribution in [2.75, 3.05) is 10.6 Å². The number of aryl methyl sites for hydroxylation is 1. The molecule has 0 aliphatic rings. The highest BCUT2D eigenvalue weighted by Crippen LogP contribution is 2.30.